The number of hydroxylamine groups is 1. The fraction of sp³-hybridized carbons (Fsp3) is 0.909. The molecule has 98 valence electrons. The number of hydrogen-bond donors (Lipinski definition) is 2. The van der Waals surface area contributed by atoms with Crippen molar-refractivity contribution in [3.63, 3.8) is 0 Å². The Morgan fingerprint density at radius 1 is 1.53 bits per heavy atom. The van der Waals surface area contributed by atoms with Gasteiger partial charge in [0.15, 0.2) is 0 Å². The van der Waals surface area contributed by atoms with Gasteiger partial charge in [-0.3, -0.25) is 0 Å². The third kappa shape index (κ3) is 3.05. The molecule has 2 unspecified atom stereocenters. The van der Waals surface area contributed by atoms with Crippen molar-refractivity contribution in [2.75, 3.05) is 6.54 Å². The Balaban J connectivity index is 2.09. The largest absolute Gasteiger partial charge is 0.330 e. The van der Waals surface area contributed by atoms with E-state index in [4.69, 9.17) is 10.0 Å². The third-order valence-electron chi connectivity index (χ3n) is 3.81. The Morgan fingerprint density at radius 3 is 2.82 bits per heavy atom. The lowest BCUT2D eigenvalue weighted by atomic mass is 9.62. The van der Waals surface area contributed by atoms with Crippen molar-refractivity contribution in [2.45, 2.75) is 46.0 Å². The van der Waals surface area contributed by atoms with Crippen LogP contribution in [0.4, 0.5) is 0 Å². The van der Waals surface area contributed by atoms with E-state index in [1.54, 1.807) is 0 Å². The van der Waals surface area contributed by atoms with E-state index in [1.165, 1.54) is 12.8 Å². The lowest BCUT2D eigenvalue weighted by Crippen LogP contribution is -2.42. The van der Waals surface area contributed by atoms with Crippen LogP contribution in [-0.2, 0) is 15.6 Å². The van der Waals surface area contributed by atoms with Gasteiger partial charge in [0.05, 0.1) is 0 Å². The standard InChI is InChI=1S/C11H21N3O2S/c1-10(2)4-3-5-11(7-10,8-12)6-9-13-16-17(15)14-9/h3-8,12H2,1-2H3,(H,13,14). The van der Waals surface area contributed by atoms with E-state index >= 15 is 0 Å². The highest BCUT2D eigenvalue weighted by atomic mass is 32.2. The Labute approximate surface area is 105 Å². The summed E-state index contributed by atoms with van der Waals surface area (Å²) in [6.45, 7) is 5.22. The molecule has 0 aromatic carbocycles. The van der Waals surface area contributed by atoms with E-state index in [0.717, 1.165) is 19.3 Å². The normalized spacial score (nSPS) is 36.4. The second-order valence-electron chi connectivity index (χ2n) is 6.02. The average Bonchev–Trinajstić information content (AvgIpc) is 2.62. The van der Waals surface area contributed by atoms with Gasteiger partial charge in [0.2, 0.25) is 0 Å². The number of nitrogens with zero attached hydrogens (tertiary/aromatic N) is 1. The van der Waals surface area contributed by atoms with Crippen molar-refractivity contribution < 1.29 is 8.49 Å². The predicted molar refractivity (Wildman–Crippen MR) is 68.2 cm³/mol. The highest BCUT2D eigenvalue weighted by Crippen LogP contribution is 2.47. The lowest BCUT2D eigenvalue weighted by molar-refractivity contribution is 0.0942. The summed E-state index contributed by atoms with van der Waals surface area (Å²) in [6.07, 6.45) is 5.38. The van der Waals surface area contributed by atoms with Crippen LogP contribution < -0.4 is 11.2 Å². The van der Waals surface area contributed by atoms with Crippen LogP contribution in [0.15, 0.2) is 4.40 Å². The van der Waals surface area contributed by atoms with Crippen molar-refractivity contribution in [1.82, 2.24) is 5.48 Å². The van der Waals surface area contributed by atoms with Gasteiger partial charge >= 0.3 is 11.3 Å². The quantitative estimate of drug-likeness (QED) is 0.804. The van der Waals surface area contributed by atoms with Gasteiger partial charge in [0.1, 0.15) is 5.84 Å². The zero-order valence-corrected chi connectivity index (χ0v) is 11.3. The van der Waals surface area contributed by atoms with E-state index in [0.29, 0.717) is 17.8 Å². The summed E-state index contributed by atoms with van der Waals surface area (Å²) in [6, 6.07) is 0. The first-order valence-corrected chi connectivity index (χ1v) is 7.11. The van der Waals surface area contributed by atoms with Gasteiger partial charge in [-0.1, -0.05) is 20.3 Å². The Morgan fingerprint density at radius 2 is 2.29 bits per heavy atom. The molecule has 0 spiro atoms. The van der Waals surface area contributed by atoms with Crippen LogP contribution in [-0.4, -0.2) is 16.6 Å². The topological polar surface area (TPSA) is 76.7 Å². The molecule has 1 heterocycles. The maximum Gasteiger partial charge on any atom is 0.309 e. The van der Waals surface area contributed by atoms with Crippen molar-refractivity contribution >= 4 is 17.1 Å². The minimum absolute atomic E-state index is 0.0749. The average molecular weight is 259 g/mol. The SMILES string of the molecule is CC1(C)CCCC(CN)(CC2=NS(=O)ON2)C1. The van der Waals surface area contributed by atoms with Crippen LogP contribution in [0.3, 0.4) is 0 Å². The zero-order chi connectivity index (χ0) is 12.5. The number of rotatable bonds is 3. The first-order chi connectivity index (χ1) is 7.95. The minimum atomic E-state index is -1.56. The summed E-state index contributed by atoms with van der Waals surface area (Å²) in [4.78, 5) is 0. The van der Waals surface area contributed by atoms with Crippen LogP contribution in [0.1, 0.15) is 46.0 Å². The molecule has 2 rings (SSSR count). The van der Waals surface area contributed by atoms with E-state index in [9.17, 15) is 4.21 Å². The van der Waals surface area contributed by atoms with Gasteiger partial charge in [0.25, 0.3) is 0 Å². The molecule has 0 aromatic heterocycles. The Hall–Kier alpha value is -0.460. The van der Waals surface area contributed by atoms with Crippen LogP contribution in [0.2, 0.25) is 0 Å². The predicted octanol–water partition coefficient (Wildman–Crippen LogP) is 1.43. The molecule has 2 aliphatic rings. The number of nitrogens with one attached hydrogen (secondary N) is 1. The number of nitrogens with two attached hydrogens (primary N) is 1. The molecule has 1 saturated carbocycles. The fourth-order valence-corrected chi connectivity index (χ4v) is 3.65. The molecule has 1 fully saturated rings. The summed E-state index contributed by atoms with van der Waals surface area (Å²) in [5.41, 5.74) is 9.01. The monoisotopic (exact) mass is 259 g/mol. The summed E-state index contributed by atoms with van der Waals surface area (Å²) < 4.78 is 19.7. The summed E-state index contributed by atoms with van der Waals surface area (Å²) in [7, 11) is 0. The number of hydrogen-bond acceptors (Lipinski definition) is 4. The van der Waals surface area contributed by atoms with Crippen LogP contribution in [0.5, 0.6) is 0 Å². The molecule has 6 heteroatoms. The van der Waals surface area contributed by atoms with Gasteiger partial charge in [-0.15, -0.1) is 4.40 Å². The summed E-state index contributed by atoms with van der Waals surface area (Å²) in [5, 5.41) is 0. The molecule has 1 aliphatic carbocycles. The minimum Gasteiger partial charge on any atom is -0.330 e. The molecular weight excluding hydrogens is 238 g/mol. The molecule has 0 saturated heterocycles. The fourth-order valence-electron chi connectivity index (χ4n) is 3.17. The zero-order valence-electron chi connectivity index (χ0n) is 10.5. The summed E-state index contributed by atoms with van der Waals surface area (Å²) >= 11 is -1.56. The van der Waals surface area contributed by atoms with Crippen LogP contribution in [0.25, 0.3) is 0 Å². The van der Waals surface area contributed by atoms with Crippen molar-refractivity contribution in [3.8, 4) is 0 Å². The van der Waals surface area contributed by atoms with E-state index in [1.807, 2.05) is 0 Å². The van der Waals surface area contributed by atoms with Gasteiger partial charge < -0.3 is 5.73 Å². The van der Waals surface area contributed by atoms with Crippen molar-refractivity contribution in [3.05, 3.63) is 0 Å². The molecule has 5 nitrogen and oxygen atoms in total. The molecule has 0 bridgehead atoms. The second-order valence-corrected chi connectivity index (χ2v) is 6.80. The maximum absolute atomic E-state index is 11.0. The van der Waals surface area contributed by atoms with Crippen molar-refractivity contribution in [2.24, 2.45) is 21.0 Å². The molecule has 0 radical (unpaired) electrons. The van der Waals surface area contributed by atoms with E-state index < -0.39 is 11.3 Å². The Kier molecular flexibility index (Phi) is 3.56. The van der Waals surface area contributed by atoms with E-state index in [2.05, 4.69) is 23.7 Å². The molecule has 0 aromatic rings. The highest BCUT2D eigenvalue weighted by molar-refractivity contribution is 7.79. The first kappa shape index (κ1) is 13.0. The van der Waals surface area contributed by atoms with Crippen LogP contribution in [0, 0.1) is 10.8 Å². The van der Waals surface area contributed by atoms with Gasteiger partial charge in [-0.25, -0.2) is 9.69 Å². The van der Waals surface area contributed by atoms with Gasteiger partial charge in [0, 0.05) is 6.42 Å². The summed E-state index contributed by atoms with van der Waals surface area (Å²) in [5.74, 6) is 0.673. The molecule has 2 atom stereocenters. The molecule has 17 heavy (non-hydrogen) atoms. The van der Waals surface area contributed by atoms with Crippen LogP contribution >= 0.6 is 0 Å². The first-order valence-electron chi connectivity index (χ1n) is 6.08. The molecule has 3 N–H and O–H groups in total. The maximum atomic E-state index is 11.0. The third-order valence-corrected chi connectivity index (χ3v) is 4.40. The van der Waals surface area contributed by atoms with Crippen molar-refractivity contribution in [1.29, 1.82) is 0 Å². The molecule has 0 amide bonds. The second kappa shape index (κ2) is 4.66. The Bertz CT molecular complexity index is 357. The smallest absolute Gasteiger partial charge is 0.309 e. The molecule has 1 aliphatic heterocycles. The molecular formula is C11H21N3O2S. The van der Waals surface area contributed by atoms with E-state index in [-0.39, 0.29) is 5.41 Å². The highest BCUT2D eigenvalue weighted by Gasteiger charge is 2.40. The lowest BCUT2D eigenvalue weighted by Gasteiger charge is -2.44. The van der Waals surface area contributed by atoms with Gasteiger partial charge in [-0.05, 0) is 36.6 Å². The van der Waals surface area contributed by atoms with Gasteiger partial charge in [-0.2, -0.15) is 4.28 Å². The number of amidine groups is 1.